The third-order valence-corrected chi connectivity index (χ3v) is 6.28. The van der Waals surface area contributed by atoms with E-state index in [0.29, 0.717) is 22.1 Å². The van der Waals surface area contributed by atoms with Gasteiger partial charge in [0.1, 0.15) is 5.82 Å². The molecule has 1 saturated carbocycles. The van der Waals surface area contributed by atoms with Crippen LogP contribution in [0, 0.1) is 0 Å². The molecule has 27 heavy (non-hydrogen) atoms. The van der Waals surface area contributed by atoms with Gasteiger partial charge in [0.15, 0.2) is 0 Å². The summed E-state index contributed by atoms with van der Waals surface area (Å²) in [4.78, 5) is 8.25. The number of hydrogen-bond donors (Lipinski definition) is 2. The first-order valence-corrected chi connectivity index (χ1v) is 11.2. The molecule has 5 heteroatoms. The van der Waals surface area contributed by atoms with E-state index in [9.17, 15) is 0 Å². The molecule has 148 valence electrons. The van der Waals surface area contributed by atoms with Gasteiger partial charge < -0.3 is 10.3 Å². The SMILES string of the molecule is CCCCCC[C@@H](NC1CCCCC1)c1ncc(-c2ccc(Cl)c(Cl)c2)[nH]1. The van der Waals surface area contributed by atoms with Crippen molar-refractivity contribution < 1.29 is 0 Å². The standard InChI is InChI=1S/C22H31Cl2N3/c1-2-3-4-8-11-20(26-17-9-6-5-7-10-17)22-25-15-21(27-22)16-12-13-18(23)19(24)14-16/h12-15,17,20,26H,2-11H2,1H3,(H,25,27)/t20-/m1/s1. The molecule has 1 atom stereocenters. The highest BCUT2D eigenvalue weighted by Gasteiger charge is 2.21. The van der Waals surface area contributed by atoms with Crippen molar-refractivity contribution in [2.45, 2.75) is 83.2 Å². The molecule has 3 rings (SSSR count). The summed E-state index contributed by atoms with van der Waals surface area (Å²) in [6, 6.07) is 6.62. The van der Waals surface area contributed by atoms with Crippen LogP contribution in [0.5, 0.6) is 0 Å². The summed E-state index contributed by atoms with van der Waals surface area (Å²) in [7, 11) is 0. The summed E-state index contributed by atoms with van der Waals surface area (Å²) in [5, 5.41) is 5.04. The van der Waals surface area contributed by atoms with E-state index in [0.717, 1.165) is 23.5 Å². The molecule has 0 amide bonds. The molecular formula is C22H31Cl2N3. The fourth-order valence-corrected chi connectivity index (χ4v) is 4.25. The zero-order chi connectivity index (χ0) is 19.1. The van der Waals surface area contributed by atoms with Gasteiger partial charge in [-0.2, -0.15) is 0 Å². The maximum Gasteiger partial charge on any atom is 0.123 e. The molecule has 0 bridgehead atoms. The molecule has 1 fully saturated rings. The number of halogens is 2. The molecule has 2 aromatic rings. The van der Waals surface area contributed by atoms with Gasteiger partial charge in [-0.1, -0.05) is 81.1 Å². The average molecular weight is 408 g/mol. The Morgan fingerprint density at radius 2 is 1.93 bits per heavy atom. The summed E-state index contributed by atoms with van der Waals surface area (Å²) in [6.45, 7) is 2.26. The van der Waals surface area contributed by atoms with Crippen molar-refractivity contribution >= 4 is 23.2 Å². The van der Waals surface area contributed by atoms with E-state index < -0.39 is 0 Å². The second-order valence-electron chi connectivity index (χ2n) is 7.71. The highest BCUT2D eigenvalue weighted by Crippen LogP contribution is 2.29. The second kappa shape index (κ2) is 10.5. The van der Waals surface area contributed by atoms with Crippen LogP contribution in [0.1, 0.15) is 83.0 Å². The lowest BCUT2D eigenvalue weighted by molar-refractivity contribution is 0.320. The molecule has 0 aliphatic heterocycles. The maximum absolute atomic E-state index is 6.18. The van der Waals surface area contributed by atoms with Gasteiger partial charge >= 0.3 is 0 Å². The van der Waals surface area contributed by atoms with Crippen molar-refractivity contribution in [1.82, 2.24) is 15.3 Å². The lowest BCUT2D eigenvalue weighted by Crippen LogP contribution is -2.35. The number of hydrogen-bond acceptors (Lipinski definition) is 2. The number of aromatic nitrogens is 2. The summed E-state index contributed by atoms with van der Waals surface area (Å²) in [6.07, 6.45) is 14.8. The predicted molar refractivity (Wildman–Crippen MR) is 116 cm³/mol. The molecular weight excluding hydrogens is 377 g/mol. The van der Waals surface area contributed by atoms with E-state index in [1.54, 1.807) is 0 Å². The molecule has 1 aromatic carbocycles. The molecule has 0 radical (unpaired) electrons. The lowest BCUT2D eigenvalue weighted by Gasteiger charge is -2.27. The van der Waals surface area contributed by atoms with Gasteiger partial charge in [-0.3, -0.25) is 0 Å². The molecule has 1 aromatic heterocycles. The minimum atomic E-state index is 0.293. The zero-order valence-corrected chi connectivity index (χ0v) is 17.8. The van der Waals surface area contributed by atoms with Gasteiger partial charge in [-0.15, -0.1) is 0 Å². The normalized spacial score (nSPS) is 16.6. The highest BCUT2D eigenvalue weighted by atomic mass is 35.5. The maximum atomic E-state index is 6.18. The Labute approximate surface area is 173 Å². The van der Waals surface area contributed by atoms with Gasteiger partial charge in [-0.05, 0) is 31.4 Å². The van der Waals surface area contributed by atoms with E-state index in [4.69, 9.17) is 28.2 Å². The van der Waals surface area contributed by atoms with E-state index in [1.165, 1.54) is 57.8 Å². The topological polar surface area (TPSA) is 40.7 Å². The monoisotopic (exact) mass is 407 g/mol. The fraction of sp³-hybridized carbons (Fsp3) is 0.591. The number of benzene rings is 1. The number of nitrogens with one attached hydrogen (secondary N) is 2. The lowest BCUT2D eigenvalue weighted by atomic mass is 9.94. The van der Waals surface area contributed by atoms with Crippen molar-refractivity contribution in [3.8, 4) is 11.3 Å². The average Bonchev–Trinajstić information content (AvgIpc) is 3.17. The smallest absolute Gasteiger partial charge is 0.123 e. The molecule has 0 saturated heterocycles. The van der Waals surface area contributed by atoms with Crippen LogP contribution in [0.3, 0.4) is 0 Å². The second-order valence-corrected chi connectivity index (χ2v) is 8.53. The Balaban J connectivity index is 1.72. The largest absolute Gasteiger partial charge is 0.341 e. The van der Waals surface area contributed by atoms with Crippen LogP contribution in [0.25, 0.3) is 11.3 Å². The van der Waals surface area contributed by atoms with Crippen LogP contribution in [0.2, 0.25) is 10.0 Å². The van der Waals surface area contributed by atoms with E-state index >= 15 is 0 Å². The van der Waals surface area contributed by atoms with Crippen LogP contribution in [-0.2, 0) is 0 Å². The number of H-pyrrole nitrogens is 1. The number of nitrogens with zero attached hydrogens (tertiary/aromatic N) is 1. The number of aromatic amines is 1. The summed E-state index contributed by atoms with van der Waals surface area (Å²) >= 11 is 12.2. The molecule has 0 unspecified atom stereocenters. The van der Waals surface area contributed by atoms with Gasteiger partial charge in [0.2, 0.25) is 0 Å². The van der Waals surface area contributed by atoms with Gasteiger partial charge in [-0.25, -0.2) is 4.98 Å². The Morgan fingerprint density at radius 3 is 2.67 bits per heavy atom. The minimum absolute atomic E-state index is 0.293. The summed E-state index contributed by atoms with van der Waals surface area (Å²) < 4.78 is 0. The molecule has 1 aliphatic carbocycles. The quantitative estimate of drug-likeness (QED) is 0.427. The number of rotatable bonds is 9. The number of unbranched alkanes of at least 4 members (excludes halogenated alkanes) is 3. The first-order valence-electron chi connectivity index (χ1n) is 10.4. The van der Waals surface area contributed by atoms with Crippen LogP contribution >= 0.6 is 23.2 Å². The summed E-state index contributed by atoms with van der Waals surface area (Å²) in [5.41, 5.74) is 2.01. The predicted octanol–water partition coefficient (Wildman–Crippen LogP) is 7.32. The minimum Gasteiger partial charge on any atom is -0.341 e. The first-order chi connectivity index (χ1) is 13.2. The van der Waals surface area contributed by atoms with Crippen LogP contribution in [0.15, 0.2) is 24.4 Å². The van der Waals surface area contributed by atoms with Crippen molar-refractivity contribution in [2.24, 2.45) is 0 Å². The van der Waals surface area contributed by atoms with Crippen molar-refractivity contribution in [3.63, 3.8) is 0 Å². The van der Waals surface area contributed by atoms with Gasteiger partial charge in [0.25, 0.3) is 0 Å². The fourth-order valence-electron chi connectivity index (χ4n) is 3.95. The van der Waals surface area contributed by atoms with Crippen LogP contribution in [-0.4, -0.2) is 16.0 Å². The molecule has 1 heterocycles. The van der Waals surface area contributed by atoms with E-state index in [1.807, 2.05) is 24.4 Å². The van der Waals surface area contributed by atoms with Crippen LogP contribution < -0.4 is 5.32 Å². The summed E-state index contributed by atoms with van der Waals surface area (Å²) in [5.74, 6) is 1.04. The highest BCUT2D eigenvalue weighted by molar-refractivity contribution is 6.42. The molecule has 0 spiro atoms. The Morgan fingerprint density at radius 1 is 1.11 bits per heavy atom. The van der Waals surface area contributed by atoms with Crippen molar-refractivity contribution in [3.05, 3.63) is 40.3 Å². The third kappa shape index (κ3) is 5.97. The zero-order valence-electron chi connectivity index (χ0n) is 16.2. The Kier molecular flexibility index (Phi) is 8.05. The Hall–Kier alpha value is -1.03. The molecule has 1 aliphatic rings. The van der Waals surface area contributed by atoms with Crippen molar-refractivity contribution in [2.75, 3.05) is 0 Å². The Bertz CT molecular complexity index is 707. The van der Waals surface area contributed by atoms with E-state index in [2.05, 4.69) is 17.2 Å². The van der Waals surface area contributed by atoms with Crippen molar-refractivity contribution in [1.29, 1.82) is 0 Å². The van der Waals surface area contributed by atoms with Gasteiger partial charge in [0, 0.05) is 11.6 Å². The number of imidazole rings is 1. The molecule has 3 nitrogen and oxygen atoms in total. The third-order valence-electron chi connectivity index (χ3n) is 5.54. The van der Waals surface area contributed by atoms with E-state index in [-0.39, 0.29) is 0 Å². The molecule has 2 N–H and O–H groups in total. The van der Waals surface area contributed by atoms with Gasteiger partial charge in [0.05, 0.1) is 28.0 Å². The van der Waals surface area contributed by atoms with Crippen LogP contribution in [0.4, 0.5) is 0 Å². The first kappa shape index (κ1) is 20.7.